The molecule has 0 spiro atoms. The smallest absolute Gasteiger partial charge is 0.0323 e. The third-order valence-corrected chi connectivity index (χ3v) is 3.15. The van der Waals surface area contributed by atoms with Crippen LogP contribution in [0, 0.1) is 0 Å². The number of nitrogens with zero attached hydrogens (tertiary/aromatic N) is 2. The molecule has 0 amide bonds. The van der Waals surface area contributed by atoms with Gasteiger partial charge in [0.05, 0.1) is 0 Å². The lowest BCUT2D eigenvalue weighted by Gasteiger charge is -2.25. The van der Waals surface area contributed by atoms with Crippen molar-refractivity contribution in [3.63, 3.8) is 0 Å². The molecule has 0 bridgehead atoms. The van der Waals surface area contributed by atoms with Crippen molar-refractivity contribution in [2.24, 2.45) is 0 Å². The highest BCUT2D eigenvalue weighted by molar-refractivity contribution is 5.34. The Balaban J connectivity index is 4.35. The second-order valence-corrected chi connectivity index (χ2v) is 4.28. The summed E-state index contributed by atoms with van der Waals surface area (Å²) in [7, 11) is 4.22. The lowest BCUT2D eigenvalue weighted by atomic mass is 10.1. The van der Waals surface area contributed by atoms with Crippen LogP contribution >= 0.6 is 0 Å². The van der Waals surface area contributed by atoms with Gasteiger partial charge in [-0.2, -0.15) is 0 Å². The molecular formula is C14H26N2. The van der Waals surface area contributed by atoms with Gasteiger partial charge in [-0.1, -0.05) is 26.2 Å². The van der Waals surface area contributed by atoms with E-state index < -0.39 is 0 Å². The van der Waals surface area contributed by atoms with E-state index >= 15 is 0 Å². The SMILES string of the molecule is C=C/C(C)=C(/C)C(=C)N(C)CCN(C)CC. The number of allylic oxidation sites excluding steroid dienone is 3. The number of rotatable bonds is 7. The molecule has 92 valence electrons. The molecule has 2 nitrogen and oxygen atoms in total. The van der Waals surface area contributed by atoms with Crippen molar-refractivity contribution in [2.45, 2.75) is 20.8 Å². The van der Waals surface area contributed by atoms with E-state index in [9.17, 15) is 0 Å². The molecule has 0 saturated heterocycles. The van der Waals surface area contributed by atoms with Gasteiger partial charge >= 0.3 is 0 Å². The average molecular weight is 222 g/mol. The molecule has 0 unspecified atom stereocenters. The van der Waals surface area contributed by atoms with Gasteiger partial charge in [0.2, 0.25) is 0 Å². The van der Waals surface area contributed by atoms with Gasteiger partial charge in [-0.05, 0) is 38.6 Å². The molecule has 16 heavy (non-hydrogen) atoms. The molecule has 0 atom stereocenters. The van der Waals surface area contributed by atoms with Gasteiger partial charge in [-0.25, -0.2) is 0 Å². The minimum Gasteiger partial charge on any atom is -0.374 e. The van der Waals surface area contributed by atoms with Crippen molar-refractivity contribution >= 4 is 0 Å². The Labute approximate surface area is 101 Å². The summed E-state index contributed by atoms with van der Waals surface area (Å²) in [6.07, 6.45) is 1.88. The summed E-state index contributed by atoms with van der Waals surface area (Å²) in [6, 6.07) is 0. The summed E-state index contributed by atoms with van der Waals surface area (Å²) in [5.74, 6) is 0. The lowest BCUT2D eigenvalue weighted by molar-refractivity contribution is 0.299. The highest BCUT2D eigenvalue weighted by Crippen LogP contribution is 2.15. The maximum atomic E-state index is 4.13. The van der Waals surface area contributed by atoms with Crippen LogP contribution in [0.15, 0.2) is 36.1 Å². The predicted octanol–water partition coefficient (Wildman–Crippen LogP) is 2.91. The normalized spacial score (nSPS) is 12.4. The Kier molecular flexibility index (Phi) is 6.82. The van der Waals surface area contributed by atoms with E-state index in [0.29, 0.717) is 0 Å². The van der Waals surface area contributed by atoms with E-state index in [0.717, 1.165) is 25.3 Å². The number of hydrogen-bond donors (Lipinski definition) is 0. The topological polar surface area (TPSA) is 6.48 Å². The van der Waals surface area contributed by atoms with Crippen LogP contribution in [-0.4, -0.2) is 43.5 Å². The molecule has 0 heterocycles. The Hall–Kier alpha value is -1.02. The molecule has 0 aromatic rings. The molecular weight excluding hydrogens is 196 g/mol. The lowest BCUT2D eigenvalue weighted by Crippen LogP contribution is -2.30. The van der Waals surface area contributed by atoms with E-state index in [1.165, 1.54) is 11.1 Å². The highest BCUT2D eigenvalue weighted by atomic mass is 15.2. The first-order valence-electron chi connectivity index (χ1n) is 5.82. The molecule has 0 aromatic heterocycles. The average Bonchev–Trinajstić information content (AvgIpc) is 2.32. The van der Waals surface area contributed by atoms with Crippen LogP contribution in [0.5, 0.6) is 0 Å². The number of hydrogen-bond acceptors (Lipinski definition) is 2. The fraction of sp³-hybridized carbons (Fsp3) is 0.571. The Morgan fingerprint density at radius 2 is 1.75 bits per heavy atom. The van der Waals surface area contributed by atoms with Gasteiger partial charge in [-0.15, -0.1) is 0 Å². The van der Waals surface area contributed by atoms with Crippen molar-refractivity contribution in [3.05, 3.63) is 36.1 Å². The fourth-order valence-corrected chi connectivity index (χ4v) is 1.28. The maximum Gasteiger partial charge on any atom is 0.0323 e. The van der Waals surface area contributed by atoms with Gasteiger partial charge in [0, 0.05) is 25.8 Å². The zero-order valence-electron chi connectivity index (χ0n) is 11.5. The molecule has 0 aliphatic heterocycles. The van der Waals surface area contributed by atoms with E-state index in [4.69, 9.17) is 0 Å². The Morgan fingerprint density at radius 3 is 2.19 bits per heavy atom. The second-order valence-electron chi connectivity index (χ2n) is 4.28. The number of likely N-dealkylation sites (N-methyl/N-ethyl adjacent to an activating group) is 2. The van der Waals surface area contributed by atoms with Crippen LogP contribution in [0.2, 0.25) is 0 Å². The van der Waals surface area contributed by atoms with Crippen LogP contribution in [0.4, 0.5) is 0 Å². The monoisotopic (exact) mass is 222 g/mol. The van der Waals surface area contributed by atoms with Crippen molar-refractivity contribution in [2.75, 3.05) is 33.7 Å². The van der Waals surface area contributed by atoms with Gasteiger partial charge in [0.25, 0.3) is 0 Å². The molecule has 0 saturated carbocycles. The van der Waals surface area contributed by atoms with Gasteiger partial charge in [0.15, 0.2) is 0 Å². The van der Waals surface area contributed by atoms with Crippen LogP contribution in [0.25, 0.3) is 0 Å². The van der Waals surface area contributed by atoms with Crippen LogP contribution in [-0.2, 0) is 0 Å². The van der Waals surface area contributed by atoms with Crippen molar-refractivity contribution < 1.29 is 0 Å². The summed E-state index contributed by atoms with van der Waals surface area (Å²) in [6.45, 7) is 17.4. The molecule has 0 rings (SSSR count). The first-order valence-corrected chi connectivity index (χ1v) is 5.82. The third-order valence-electron chi connectivity index (χ3n) is 3.15. The molecule has 2 heteroatoms. The Morgan fingerprint density at radius 1 is 1.19 bits per heavy atom. The minimum absolute atomic E-state index is 1.00. The van der Waals surface area contributed by atoms with E-state index in [1.54, 1.807) is 0 Å². The van der Waals surface area contributed by atoms with Crippen molar-refractivity contribution in [3.8, 4) is 0 Å². The van der Waals surface area contributed by atoms with Crippen molar-refractivity contribution in [1.29, 1.82) is 0 Å². The first-order chi connectivity index (χ1) is 7.43. The standard InChI is InChI=1S/C14H26N2/c1-8-12(3)13(4)14(5)16(7)11-10-15(6)9-2/h8H,1,5,9-11H2,2-4,6-7H3/b13-12-. The fourth-order valence-electron chi connectivity index (χ4n) is 1.28. The predicted molar refractivity (Wildman–Crippen MR) is 73.5 cm³/mol. The Bertz CT molecular complexity index is 276. The molecule has 0 aromatic carbocycles. The molecule has 0 aliphatic carbocycles. The maximum absolute atomic E-state index is 4.13. The van der Waals surface area contributed by atoms with E-state index in [2.05, 4.69) is 57.8 Å². The highest BCUT2D eigenvalue weighted by Gasteiger charge is 2.06. The first kappa shape index (κ1) is 15.0. The summed E-state index contributed by atoms with van der Waals surface area (Å²) < 4.78 is 0. The van der Waals surface area contributed by atoms with Gasteiger partial charge < -0.3 is 9.80 Å². The molecule has 0 aliphatic rings. The third kappa shape index (κ3) is 4.67. The summed E-state index contributed by atoms with van der Waals surface area (Å²) >= 11 is 0. The quantitative estimate of drug-likeness (QED) is 0.611. The molecule has 0 N–H and O–H groups in total. The summed E-state index contributed by atoms with van der Waals surface area (Å²) in [5.41, 5.74) is 3.50. The largest absolute Gasteiger partial charge is 0.374 e. The zero-order chi connectivity index (χ0) is 12.7. The van der Waals surface area contributed by atoms with Crippen molar-refractivity contribution in [1.82, 2.24) is 9.80 Å². The summed E-state index contributed by atoms with van der Waals surface area (Å²) in [5, 5.41) is 0. The summed E-state index contributed by atoms with van der Waals surface area (Å²) in [4.78, 5) is 4.50. The molecule has 0 fully saturated rings. The van der Waals surface area contributed by atoms with Crippen LogP contribution in [0.3, 0.4) is 0 Å². The molecule has 0 radical (unpaired) electrons. The van der Waals surface area contributed by atoms with Gasteiger partial charge in [-0.3, -0.25) is 0 Å². The minimum atomic E-state index is 1.00. The van der Waals surface area contributed by atoms with E-state index in [1.807, 2.05) is 6.08 Å². The second kappa shape index (κ2) is 7.29. The van der Waals surface area contributed by atoms with E-state index in [-0.39, 0.29) is 0 Å². The van der Waals surface area contributed by atoms with Gasteiger partial charge in [0.1, 0.15) is 0 Å². The zero-order valence-corrected chi connectivity index (χ0v) is 11.5. The van der Waals surface area contributed by atoms with Crippen LogP contribution < -0.4 is 0 Å². The van der Waals surface area contributed by atoms with Crippen LogP contribution in [0.1, 0.15) is 20.8 Å².